The quantitative estimate of drug-likeness (QED) is 0.737. The van der Waals surface area contributed by atoms with Crippen molar-refractivity contribution in [2.75, 3.05) is 34.8 Å². The van der Waals surface area contributed by atoms with E-state index < -0.39 is 9.84 Å². The minimum absolute atomic E-state index is 0. The predicted octanol–water partition coefficient (Wildman–Crippen LogP) is 2.79. The van der Waals surface area contributed by atoms with Crippen molar-refractivity contribution in [3.63, 3.8) is 0 Å². The number of amides is 1. The second-order valence-electron chi connectivity index (χ2n) is 6.46. The summed E-state index contributed by atoms with van der Waals surface area (Å²) in [5.41, 5.74) is 8.61. The lowest BCUT2D eigenvalue weighted by Gasteiger charge is -2.29. The number of hydrogen-bond donors (Lipinski definition) is 2. The van der Waals surface area contributed by atoms with E-state index in [2.05, 4.69) is 5.32 Å². The van der Waals surface area contributed by atoms with Gasteiger partial charge in [0.15, 0.2) is 9.84 Å². The lowest BCUT2D eigenvalue weighted by Crippen LogP contribution is -2.40. The van der Waals surface area contributed by atoms with Crippen LogP contribution in [0.2, 0.25) is 0 Å². The Morgan fingerprint density at radius 1 is 1.04 bits per heavy atom. The van der Waals surface area contributed by atoms with Crippen LogP contribution in [0.15, 0.2) is 54.6 Å². The molecule has 28 heavy (non-hydrogen) atoms. The van der Waals surface area contributed by atoms with Gasteiger partial charge in [-0.05, 0) is 23.8 Å². The summed E-state index contributed by atoms with van der Waals surface area (Å²) in [5, 5.41) is 2.87. The van der Waals surface area contributed by atoms with Gasteiger partial charge in [-0.15, -0.1) is 24.8 Å². The Balaban J connectivity index is 0.00000196. The molecule has 2 aromatic carbocycles. The number of halogens is 2. The van der Waals surface area contributed by atoms with Gasteiger partial charge >= 0.3 is 0 Å². The zero-order valence-electron chi connectivity index (χ0n) is 15.3. The number of hydrogen-bond acceptors (Lipinski definition) is 5. The highest BCUT2D eigenvalue weighted by Gasteiger charge is 2.22. The van der Waals surface area contributed by atoms with Crippen LogP contribution in [0.3, 0.4) is 0 Å². The lowest BCUT2D eigenvalue weighted by atomic mass is 10.0. The number of nitrogens with two attached hydrogens (primary N) is 1. The first-order valence-electron chi connectivity index (χ1n) is 8.59. The van der Waals surface area contributed by atoms with Crippen molar-refractivity contribution in [1.82, 2.24) is 0 Å². The molecule has 1 saturated heterocycles. The molecule has 6 nitrogen and oxygen atoms in total. The largest absolute Gasteiger partial charge is 0.369 e. The van der Waals surface area contributed by atoms with Crippen LogP contribution in [0.4, 0.5) is 11.4 Å². The first-order valence-corrected chi connectivity index (χ1v) is 10.4. The molecule has 3 N–H and O–H groups in total. The molecule has 0 aliphatic carbocycles. The van der Waals surface area contributed by atoms with Crippen molar-refractivity contribution < 1.29 is 13.2 Å². The van der Waals surface area contributed by atoms with Crippen LogP contribution in [0.25, 0.3) is 0 Å². The summed E-state index contributed by atoms with van der Waals surface area (Å²) in [6.45, 7) is 0.942. The number of sulfone groups is 1. The third kappa shape index (κ3) is 6.67. The predicted molar refractivity (Wildman–Crippen MR) is 118 cm³/mol. The summed E-state index contributed by atoms with van der Waals surface area (Å²) >= 11 is 0. The minimum atomic E-state index is -2.92. The summed E-state index contributed by atoms with van der Waals surface area (Å²) in [6.07, 6.45) is 0.191. The number of carbonyl (C=O) groups is 1. The molecule has 1 atom stereocenters. The maximum atomic E-state index is 12.3. The van der Waals surface area contributed by atoms with Crippen LogP contribution < -0.4 is 16.0 Å². The molecule has 1 unspecified atom stereocenters. The second kappa shape index (κ2) is 10.7. The van der Waals surface area contributed by atoms with Gasteiger partial charge in [0.25, 0.3) is 0 Å². The van der Waals surface area contributed by atoms with E-state index in [4.69, 9.17) is 5.73 Å². The van der Waals surface area contributed by atoms with Gasteiger partial charge in [0.05, 0.1) is 11.5 Å². The Bertz CT molecular complexity index is 865. The average molecular weight is 446 g/mol. The Morgan fingerprint density at radius 3 is 2.32 bits per heavy atom. The monoisotopic (exact) mass is 445 g/mol. The van der Waals surface area contributed by atoms with E-state index in [9.17, 15) is 13.2 Å². The van der Waals surface area contributed by atoms with E-state index in [0.717, 1.165) is 11.3 Å². The molecule has 0 bridgehead atoms. The molecule has 0 spiro atoms. The normalized spacial score (nSPS) is 16.2. The third-order valence-electron chi connectivity index (χ3n) is 4.47. The highest BCUT2D eigenvalue weighted by atomic mass is 35.5. The van der Waals surface area contributed by atoms with E-state index in [0.29, 0.717) is 18.8 Å². The summed E-state index contributed by atoms with van der Waals surface area (Å²) in [7, 11) is -2.92. The summed E-state index contributed by atoms with van der Waals surface area (Å²) in [5.74, 6) is 0.171. The van der Waals surface area contributed by atoms with E-state index in [-0.39, 0.29) is 54.7 Å². The highest BCUT2D eigenvalue weighted by Crippen LogP contribution is 2.22. The molecule has 1 fully saturated rings. The molecular weight excluding hydrogens is 421 g/mol. The van der Waals surface area contributed by atoms with Crippen molar-refractivity contribution in [2.24, 2.45) is 5.73 Å². The Hall–Kier alpha value is -1.80. The Kier molecular flexibility index (Phi) is 9.23. The van der Waals surface area contributed by atoms with Crippen LogP contribution in [0, 0.1) is 0 Å². The molecule has 2 aromatic rings. The topological polar surface area (TPSA) is 92.5 Å². The van der Waals surface area contributed by atoms with Crippen LogP contribution in [0.1, 0.15) is 18.0 Å². The van der Waals surface area contributed by atoms with E-state index in [1.54, 1.807) is 0 Å². The molecule has 1 amide bonds. The highest BCUT2D eigenvalue weighted by molar-refractivity contribution is 7.91. The van der Waals surface area contributed by atoms with Crippen LogP contribution in [-0.2, 0) is 14.6 Å². The molecule has 1 aliphatic rings. The van der Waals surface area contributed by atoms with Gasteiger partial charge in [-0.3, -0.25) is 4.79 Å². The molecule has 1 heterocycles. The van der Waals surface area contributed by atoms with Crippen LogP contribution >= 0.6 is 24.8 Å². The van der Waals surface area contributed by atoms with Gasteiger partial charge in [0.1, 0.15) is 0 Å². The smallest absolute Gasteiger partial charge is 0.226 e. The average Bonchev–Trinajstić information content (AvgIpc) is 2.62. The van der Waals surface area contributed by atoms with E-state index in [1.807, 2.05) is 59.5 Å². The number of anilines is 2. The van der Waals surface area contributed by atoms with E-state index >= 15 is 0 Å². The molecule has 0 aromatic heterocycles. The zero-order chi connectivity index (χ0) is 18.6. The van der Waals surface area contributed by atoms with Crippen molar-refractivity contribution >= 4 is 51.9 Å². The summed E-state index contributed by atoms with van der Waals surface area (Å²) in [6, 6.07) is 16.6. The summed E-state index contributed by atoms with van der Waals surface area (Å²) < 4.78 is 23.1. The Labute approximate surface area is 178 Å². The van der Waals surface area contributed by atoms with E-state index in [1.165, 1.54) is 0 Å². The molecule has 0 saturated carbocycles. The standard InChI is InChI=1S/C19H23N3O3S.2ClH/c20-18(15-5-2-1-3-6-15)14-19(23)21-16-7-4-8-17(13-16)22-9-11-26(24,25)12-10-22;;/h1-8,13,18H,9-12,14,20H2,(H,21,23);2*1H. The molecule has 1 aliphatic heterocycles. The van der Waals surface area contributed by atoms with Crippen molar-refractivity contribution in [3.8, 4) is 0 Å². The lowest BCUT2D eigenvalue weighted by molar-refractivity contribution is -0.116. The number of rotatable bonds is 5. The second-order valence-corrected chi connectivity index (χ2v) is 8.76. The van der Waals surface area contributed by atoms with Gasteiger partial charge in [-0.1, -0.05) is 36.4 Å². The molecule has 9 heteroatoms. The minimum Gasteiger partial charge on any atom is -0.369 e. The first-order chi connectivity index (χ1) is 12.4. The van der Waals surface area contributed by atoms with Crippen LogP contribution in [0.5, 0.6) is 0 Å². The number of benzene rings is 2. The Morgan fingerprint density at radius 2 is 1.68 bits per heavy atom. The molecule has 3 rings (SSSR count). The fourth-order valence-electron chi connectivity index (χ4n) is 2.98. The van der Waals surface area contributed by atoms with Gasteiger partial charge in [0.2, 0.25) is 5.91 Å². The SMILES string of the molecule is Cl.Cl.NC(CC(=O)Nc1cccc(N2CCS(=O)(=O)CC2)c1)c1ccccc1. The zero-order valence-corrected chi connectivity index (χ0v) is 17.7. The van der Waals surface area contributed by atoms with Crippen LogP contribution in [-0.4, -0.2) is 38.9 Å². The van der Waals surface area contributed by atoms with Gasteiger partial charge < -0.3 is 16.0 Å². The maximum absolute atomic E-state index is 12.3. The first kappa shape index (κ1) is 24.2. The third-order valence-corrected chi connectivity index (χ3v) is 6.08. The molecule has 0 radical (unpaired) electrons. The van der Waals surface area contributed by atoms with Crippen molar-refractivity contribution in [3.05, 3.63) is 60.2 Å². The summed E-state index contributed by atoms with van der Waals surface area (Å²) in [4.78, 5) is 14.3. The fraction of sp³-hybridized carbons (Fsp3) is 0.316. The van der Waals surface area contributed by atoms with Gasteiger partial charge in [-0.25, -0.2) is 8.42 Å². The fourth-order valence-corrected chi connectivity index (χ4v) is 4.18. The maximum Gasteiger partial charge on any atom is 0.226 e. The number of carbonyl (C=O) groups excluding carboxylic acids is 1. The van der Waals surface area contributed by atoms with Crippen molar-refractivity contribution in [2.45, 2.75) is 12.5 Å². The number of nitrogens with one attached hydrogen (secondary N) is 1. The molecule has 154 valence electrons. The molecular formula is C19H25Cl2N3O3S. The van der Waals surface area contributed by atoms with Gasteiger partial charge in [0, 0.05) is 36.9 Å². The number of nitrogens with zero attached hydrogens (tertiary/aromatic N) is 1. The van der Waals surface area contributed by atoms with Crippen molar-refractivity contribution in [1.29, 1.82) is 0 Å². The van der Waals surface area contributed by atoms with Gasteiger partial charge in [-0.2, -0.15) is 0 Å².